The van der Waals surface area contributed by atoms with Gasteiger partial charge in [-0.1, -0.05) is 0 Å². The van der Waals surface area contributed by atoms with Crippen LogP contribution in [0.5, 0.6) is 0 Å². The number of carbonyl (C=O) groups is 2. The molecule has 130 valence electrons. The van der Waals surface area contributed by atoms with Crippen LogP contribution < -0.4 is 0 Å². The van der Waals surface area contributed by atoms with Crippen LogP contribution in [-0.2, 0) is 16.1 Å². The summed E-state index contributed by atoms with van der Waals surface area (Å²) in [6.45, 7) is 7.39. The van der Waals surface area contributed by atoms with E-state index in [4.69, 9.17) is 0 Å². The Morgan fingerprint density at radius 1 is 1.00 bits per heavy atom. The van der Waals surface area contributed by atoms with Gasteiger partial charge in [-0.2, -0.15) is 0 Å². The molecule has 0 aliphatic carbocycles. The molecule has 0 bridgehead atoms. The molecule has 0 aromatic carbocycles. The Balaban J connectivity index is 1.45. The standard InChI is InChI=1S/C18H26N4O2/c1-15(23)21-8-4-17(5-9-21)18(24)22-12-10-20(11-13-22)14-16-2-6-19-7-3-16/h2-3,6-7,17H,4-5,8-14H2,1H3. The van der Waals surface area contributed by atoms with Gasteiger partial charge in [0.1, 0.15) is 0 Å². The van der Waals surface area contributed by atoms with Crippen molar-refractivity contribution < 1.29 is 9.59 Å². The van der Waals surface area contributed by atoms with Crippen molar-refractivity contribution >= 4 is 11.8 Å². The molecule has 3 heterocycles. The van der Waals surface area contributed by atoms with Crippen molar-refractivity contribution in [1.29, 1.82) is 0 Å². The number of rotatable bonds is 3. The second-order valence-electron chi connectivity index (χ2n) is 6.74. The van der Waals surface area contributed by atoms with Gasteiger partial charge in [0.2, 0.25) is 11.8 Å². The highest BCUT2D eigenvalue weighted by molar-refractivity contribution is 5.79. The third kappa shape index (κ3) is 4.12. The van der Waals surface area contributed by atoms with E-state index < -0.39 is 0 Å². The number of likely N-dealkylation sites (tertiary alicyclic amines) is 1. The van der Waals surface area contributed by atoms with Crippen LogP contribution in [0.25, 0.3) is 0 Å². The van der Waals surface area contributed by atoms with Crippen LogP contribution in [0.15, 0.2) is 24.5 Å². The lowest BCUT2D eigenvalue weighted by Crippen LogP contribution is -2.51. The zero-order valence-electron chi connectivity index (χ0n) is 14.4. The number of hydrogen-bond acceptors (Lipinski definition) is 4. The fourth-order valence-corrected chi connectivity index (χ4v) is 3.57. The minimum absolute atomic E-state index is 0.0901. The molecule has 0 unspecified atom stereocenters. The van der Waals surface area contributed by atoms with E-state index in [-0.39, 0.29) is 17.7 Å². The average Bonchev–Trinajstić information content (AvgIpc) is 2.63. The second kappa shape index (κ2) is 7.75. The second-order valence-corrected chi connectivity index (χ2v) is 6.74. The van der Waals surface area contributed by atoms with E-state index in [1.165, 1.54) is 5.56 Å². The summed E-state index contributed by atoms with van der Waals surface area (Å²) in [6.07, 6.45) is 5.25. The molecule has 2 fully saturated rings. The zero-order valence-corrected chi connectivity index (χ0v) is 14.4. The normalized spacial score (nSPS) is 20.2. The van der Waals surface area contributed by atoms with Gasteiger partial charge in [0, 0.05) is 71.0 Å². The number of piperazine rings is 1. The van der Waals surface area contributed by atoms with Gasteiger partial charge in [-0.3, -0.25) is 19.5 Å². The highest BCUT2D eigenvalue weighted by Gasteiger charge is 2.30. The van der Waals surface area contributed by atoms with Crippen LogP contribution in [0.1, 0.15) is 25.3 Å². The van der Waals surface area contributed by atoms with Crippen molar-refractivity contribution in [2.45, 2.75) is 26.3 Å². The summed E-state index contributed by atoms with van der Waals surface area (Å²) in [5.74, 6) is 0.486. The number of aromatic nitrogens is 1. The van der Waals surface area contributed by atoms with Crippen molar-refractivity contribution in [3.63, 3.8) is 0 Å². The lowest BCUT2D eigenvalue weighted by Gasteiger charge is -2.38. The zero-order chi connectivity index (χ0) is 16.9. The minimum atomic E-state index is 0.0901. The molecular formula is C18H26N4O2. The summed E-state index contributed by atoms with van der Waals surface area (Å²) < 4.78 is 0. The van der Waals surface area contributed by atoms with E-state index in [0.717, 1.165) is 45.6 Å². The first-order valence-electron chi connectivity index (χ1n) is 8.79. The highest BCUT2D eigenvalue weighted by atomic mass is 16.2. The number of nitrogens with zero attached hydrogens (tertiary/aromatic N) is 4. The Kier molecular flexibility index (Phi) is 5.45. The lowest BCUT2D eigenvalue weighted by atomic mass is 9.95. The molecule has 3 rings (SSSR count). The summed E-state index contributed by atoms with van der Waals surface area (Å²) in [5.41, 5.74) is 1.27. The summed E-state index contributed by atoms with van der Waals surface area (Å²) in [5, 5.41) is 0. The molecule has 1 aromatic rings. The topological polar surface area (TPSA) is 56.8 Å². The van der Waals surface area contributed by atoms with E-state index in [1.54, 1.807) is 6.92 Å². The lowest BCUT2D eigenvalue weighted by molar-refractivity contribution is -0.141. The average molecular weight is 330 g/mol. The Bertz CT molecular complexity index is 562. The molecule has 2 aliphatic heterocycles. The Hall–Kier alpha value is -1.95. The van der Waals surface area contributed by atoms with E-state index in [1.807, 2.05) is 34.3 Å². The van der Waals surface area contributed by atoms with Crippen LogP contribution in [-0.4, -0.2) is 70.8 Å². The highest BCUT2D eigenvalue weighted by Crippen LogP contribution is 2.21. The smallest absolute Gasteiger partial charge is 0.225 e. The predicted octanol–water partition coefficient (Wildman–Crippen LogP) is 0.984. The molecular weight excluding hydrogens is 304 g/mol. The third-order valence-corrected chi connectivity index (χ3v) is 5.13. The predicted molar refractivity (Wildman–Crippen MR) is 91.1 cm³/mol. The van der Waals surface area contributed by atoms with Crippen LogP contribution in [0.4, 0.5) is 0 Å². The molecule has 2 amide bonds. The van der Waals surface area contributed by atoms with Gasteiger partial charge in [-0.05, 0) is 30.5 Å². The van der Waals surface area contributed by atoms with Crippen LogP contribution in [0.3, 0.4) is 0 Å². The summed E-state index contributed by atoms with van der Waals surface area (Å²) in [7, 11) is 0. The van der Waals surface area contributed by atoms with Gasteiger partial charge in [0.15, 0.2) is 0 Å². The van der Waals surface area contributed by atoms with Crippen LogP contribution in [0, 0.1) is 5.92 Å². The van der Waals surface area contributed by atoms with E-state index >= 15 is 0 Å². The first-order chi connectivity index (χ1) is 11.6. The fraction of sp³-hybridized carbons (Fsp3) is 0.611. The summed E-state index contributed by atoms with van der Waals surface area (Å²) in [4.78, 5) is 34.4. The molecule has 0 radical (unpaired) electrons. The molecule has 2 saturated heterocycles. The molecule has 2 aliphatic rings. The van der Waals surface area contributed by atoms with Crippen molar-refractivity contribution in [3.8, 4) is 0 Å². The molecule has 0 saturated carbocycles. The Morgan fingerprint density at radius 3 is 2.21 bits per heavy atom. The van der Waals surface area contributed by atoms with E-state index in [9.17, 15) is 9.59 Å². The first kappa shape index (κ1) is 16.9. The monoisotopic (exact) mass is 330 g/mol. The summed E-state index contributed by atoms with van der Waals surface area (Å²) in [6, 6.07) is 4.08. The minimum Gasteiger partial charge on any atom is -0.343 e. The SMILES string of the molecule is CC(=O)N1CCC(C(=O)N2CCN(Cc3ccncc3)CC2)CC1. The molecule has 0 spiro atoms. The first-order valence-corrected chi connectivity index (χ1v) is 8.79. The molecule has 24 heavy (non-hydrogen) atoms. The maximum absolute atomic E-state index is 12.7. The van der Waals surface area contributed by atoms with Gasteiger partial charge in [-0.15, -0.1) is 0 Å². The number of amides is 2. The van der Waals surface area contributed by atoms with Gasteiger partial charge in [0.05, 0.1) is 0 Å². The van der Waals surface area contributed by atoms with Crippen molar-refractivity contribution in [2.75, 3.05) is 39.3 Å². The maximum atomic E-state index is 12.7. The largest absolute Gasteiger partial charge is 0.343 e. The molecule has 6 nitrogen and oxygen atoms in total. The Labute approximate surface area is 143 Å². The number of piperidine rings is 1. The number of pyridine rings is 1. The quantitative estimate of drug-likeness (QED) is 0.829. The third-order valence-electron chi connectivity index (χ3n) is 5.13. The molecule has 6 heteroatoms. The van der Waals surface area contributed by atoms with Crippen molar-refractivity contribution in [2.24, 2.45) is 5.92 Å². The van der Waals surface area contributed by atoms with E-state index in [0.29, 0.717) is 13.1 Å². The fourth-order valence-electron chi connectivity index (χ4n) is 3.57. The maximum Gasteiger partial charge on any atom is 0.225 e. The molecule has 0 atom stereocenters. The Morgan fingerprint density at radius 2 is 1.62 bits per heavy atom. The van der Waals surface area contributed by atoms with Gasteiger partial charge in [0.25, 0.3) is 0 Å². The number of hydrogen-bond donors (Lipinski definition) is 0. The summed E-state index contributed by atoms with van der Waals surface area (Å²) >= 11 is 0. The van der Waals surface area contributed by atoms with Crippen molar-refractivity contribution in [3.05, 3.63) is 30.1 Å². The number of carbonyl (C=O) groups excluding carboxylic acids is 2. The van der Waals surface area contributed by atoms with Crippen LogP contribution in [0.2, 0.25) is 0 Å². The van der Waals surface area contributed by atoms with Crippen molar-refractivity contribution in [1.82, 2.24) is 19.7 Å². The van der Waals surface area contributed by atoms with Gasteiger partial charge >= 0.3 is 0 Å². The van der Waals surface area contributed by atoms with Gasteiger partial charge in [-0.25, -0.2) is 0 Å². The van der Waals surface area contributed by atoms with Gasteiger partial charge < -0.3 is 9.80 Å². The molecule has 1 aromatic heterocycles. The van der Waals surface area contributed by atoms with E-state index in [2.05, 4.69) is 9.88 Å². The van der Waals surface area contributed by atoms with Crippen LogP contribution >= 0.6 is 0 Å². The molecule has 0 N–H and O–H groups in total.